The zero-order valence-electron chi connectivity index (χ0n) is 27.8. The topological polar surface area (TPSA) is 196 Å². The summed E-state index contributed by atoms with van der Waals surface area (Å²) in [5.74, 6) is -4.82. The van der Waals surface area contributed by atoms with Gasteiger partial charge in [-0.3, -0.25) is 9.78 Å². The molecule has 1 unspecified atom stereocenters. The number of carbonyl (C=O) groups excluding carboxylic acids is 1. The first kappa shape index (κ1) is 44.2. The molecular weight excluding hydrogens is 799 g/mol. The number of carbonyl (C=O) groups is 3. The average molecular weight is 825 g/mol. The fraction of sp³-hybridized carbons (Fsp3) is 0.212. The van der Waals surface area contributed by atoms with E-state index >= 15 is 0 Å². The number of rotatable bonds is 8. The molecule has 6 N–H and O–H groups in total. The number of anilines is 3. The number of aliphatic carboxylic acids is 2. The van der Waals surface area contributed by atoms with Gasteiger partial charge in [0.1, 0.15) is 35.6 Å². The van der Waals surface area contributed by atoms with E-state index < -0.39 is 42.1 Å². The number of ether oxygens (including phenoxy) is 1. The molecule has 3 heterocycles. The molecule has 4 aromatic rings. The summed E-state index contributed by atoms with van der Waals surface area (Å²) >= 11 is 6.39. The summed E-state index contributed by atoms with van der Waals surface area (Å²) < 4.78 is 108. The molecule has 0 fully saturated rings. The van der Waals surface area contributed by atoms with Gasteiger partial charge in [0.25, 0.3) is 0 Å². The summed E-state index contributed by atoms with van der Waals surface area (Å²) in [4.78, 5) is 43.5. The first-order chi connectivity index (χ1) is 26.1. The molecule has 2 aromatic carbocycles. The molecule has 300 valence electrons. The Morgan fingerprint density at radius 3 is 2.11 bits per heavy atom. The molecule has 5 rings (SSSR count). The van der Waals surface area contributed by atoms with Crippen LogP contribution in [0.25, 0.3) is 6.08 Å². The Hall–Kier alpha value is -6.16. The number of hydrogen-bond acceptors (Lipinski definition) is 10. The van der Waals surface area contributed by atoms with E-state index in [2.05, 4.69) is 30.9 Å². The van der Waals surface area contributed by atoms with E-state index in [1.54, 1.807) is 42.6 Å². The van der Waals surface area contributed by atoms with Gasteiger partial charge in [-0.1, -0.05) is 23.7 Å². The first-order valence-electron chi connectivity index (χ1n) is 15.2. The van der Waals surface area contributed by atoms with Crippen molar-refractivity contribution in [3.8, 4) is 11.5 Å². The normalized spacial score (nSPS) is 13.0. The Labute approximate surface area is 313 Å². The number of amides is 1. The number of pyridine rings is 1. The highest BCUT2D eigenvalue weighted by molar-refractivity contribution is 6.32. The van der Waals surface area contributed by atoms with Crippen molar-refractivity contribution in [2.24, 2.45) is 0 Å². The molecule has 13 nitrogen and oxygen atoms in total. The summed E-state index contributed by atoms with van der Waals surface area (Å²) in [5, 5.41) is 33.8. The number of aromatic nitrogens is 3. The van der Waals surface area contributed by atoms with Crippen LogP contribution in [0.2, 0.25) is 5.02 Å². The Balaban J connectivity index is 0.000000512. The Kier molecular flexibility index (Phi) is 15.0. The molecule has 1 aliphatic rings. The SMILES string of the molecule is O=C(NCC(O)c1ccccn1)C1=Cc2c(ncnc2Nc2ccc(Oc3cccc(C(F)(F)F)c3)c(Cl)c2)NCC1.O=C(O)C(F)(F)F.O=C(O)C(F)(F)F. The van der Waals surface area contributed by atoms with Crippen molar-refractivity contribution in [1.29, 1.82) is 0 Å². The largest absolute Gasteiger partial charge is 0.490 e. The van der Waals surface area contributed by atoms with Gasteiger partial charge < -0.3 is 36.0 Å². The van der Waals surface area contributed by atoms with Crippen LogP contribution >= 0.6 is 11.6 Å². The quantitative estimate of drug-likeness (QED) is 0.0966. The second-order valence-corrected chi connectivity index (χ2v) is 11.2. The van der Waals surface area contributed by atoms with Crippen LogP contribution in [-0.4, -0.2) is 73.6 Å². The lowest BCUT2D eigenvalue weighted by molar-refractivity contribution is -0.193. The molecule has 0 saturated carbocycles. The number of hydrogen-bond donors (Lipinski definition) is 6. The van der Waals surface area contributed by atoms with E-state index in [-0.39, 0.29) is 29.0 Å². The van der Waals surface area contributed by atoms with Gasteiger partial charge in [-0.2, -0.15) is 39.5 Å². The minimum atomic E-state index is -5.08. The number of nitrogens with zero attached hydrogens (tertiary/aromatic N) is 3. The Bertz CT molecular complexity index is 2010. The monoisotopic (exact) mass is 824 g/mol. The van der Waals surface area contributed by atoms with Crippen LogP contribution in [0.3, 0.4) is 0 Å². The molecule has 0 bridgehead atoms. The van der Waals surface area contributed by atoms with E-state index in [4.69, 9.17) is 36.1 Å². The van der Waals surface area contributed by atoms with Crippen molar-refractivity contribution in [3.05, 3.63) is 101 Å². The van der Waals surface area contributed by atoms with Gasteiger partial charge >= 0.3 is 30.5 Å². The van der Waals surface area contributed by atoms with Gasteiger partial charge in [-0.25, -0.2) is 19.6 Å². The fourth-order valence-electron chi connectivity index (χ4n) is 4.16. The van der Waals surface area contributed by atoms with Gasteiger partial charge in [-0.05, 0) is 61.0 Å². The molecule has 0 aliphatic carbocycles. The van der Waals surface area contributed by atoms with Crippen molar-refractivity contribution in [2.45, 2.75) is 31.1 Å². The lowest BCUT2D eigenvalue weighted by atomic mass is 10.1. The number of carboxylic acid groups (broad SMARTS) is 2. The number of aliphatic hydroxyl groups is 1. The van der Waals surface area contributed by atoms with Gasteiger partial charge in [0.05, 0.1) is 21.8 Å². The maximum absolute atomic E-state index is 13.1. The highest BCUT2D eigenvalue weighted by atomic mass is 35.5. The molecule has 56 heavy (non-hydrogen) atoms. The van der Waals surface area contributed by atoms with Gasteiger partial charge in [0, 0.05) is 30.5 Å². The van der Waals surface area contributed by atoms with E-state index in [9.17, 15) is 49.4 Å². The summed E-state index contributed by atoms with van der Waals surface area (Å²) in [6, 6.07) is 14.4. The number of carboxylic acids is 2. The van der Waals surface area contributed by atoms with Gasteiger partial charge in [0.2, 0.25) is 5.91 Å². The molecule has 1 amide bonds. The first-order valence-corrected chi connectivity index (χ1v) is 15.6. The second-order valence-electron chi connectivity index (χ2n) is 10.8. The molecule has 0 spiro atoms. The number of aliphatic hydroxyl groups excluding tert-OH is 1. The lowest BCUT2D eigenvalue weighted by Gasteiger charge is -2.14. The van der Waals surface area contributed by atoms with Crippen molar-refractivity contribution < 1.29 is 74.0 Å². The molecular formula is C33H26ClF9N6O7. The van der Waals surface area contributed by atoms with Gasteiger partial charge in [0.15, 0.2) is 0 Å². The molecule has 23 heteroatoms. The summed E-state index contributed by atoms with van der Waals surface area (Å²) in [6.45, 7) is 0.427. The fourth-order valence-corrected chi connectivity index (χ4v) is 4.37. The summed E-state index contributed by atoms with van der Waals surface area (Å²) in [5.41, 5.74) is 1.11. The Morgan fingerprint density at radius 1 is 0.875 bits per heavy atom. The van der Waals surface area contributed by atoms with E-state index in [0.29, 0.717) is 47.1 Å². The maximum Gasteiger partial charge on any atom is 0.490 e. The Morgan fingerprint density at radius 2 is 1.54 bits per heavy atom. The van der Waals surface area contributed by atoms with Crippen LogP contribution in [-0.2, 0) is 20.6 Å². The number of alkyl halides is 9. The van der Waals surface area contributed by atoms with Gasteiger partial charge in [-0.15, -0.1) is 0 Å². The standard InChI is InChI=1S/C29H24ClF3N6O3.2C2HF3O2/c30-22-14-19(7-8-25(22)42-20-5-3-4-18(13-20)29(31,32)33)39-27-21-12-17(9-11-35-26(21)37-16-38-27)28(41)36-15-24(40)23-6-1-2-10-34-23;2*3-2(4,5)1(6)7/h1-8,10,12-14,16,24,40H,9,11,15H2,(H,36,41)(H2,35,37,38,39);2*(H,6,7). The highest BCUT2D eigenvalue weighted by Crippen LogP contribution is 2.37. The third-order valence-electron chi connectivity index (χ3n) is 6.73. The van der Waals surface area contributed by atoms with E-state index in [0.717, 1.165) is 12.1 Å². The number of benzene rings is 2. The summed E-state index contributed by atoms with van der Waals surface area (Å²) in [6.07, 6.45) is -10.6. The number of halogens is 10. The zero-order valence-corrected chi connectivity index (χ0v) is 28.6. The minimum Gasteiger partial charge on any atom is -0.475 e. The third kappa shape index (κ3) is 13.6. The van der Waals surface area contributed by atoms with Crippen LogP contribution in [0.4, 0.5) is 56.8 Å². The lowest BCUT2D eigenvalue weighted by Crippen LogP contribution is -2.30. The van der Waals surface area contributed by atoms with Crippen molar-refractivity contribution in [2.75, 3.05) is 23.7 Å². The van der Waals surface area contributed by atoms with E-state index in [1.807, 2.05) is 0 Å². The summed E-state index contributed by atoms with van der Waals surface area (Å²) in [7, 11) is 0. The second kappa shape index (κ2) is 18.9. The van der Waals surface area contributed by atoms with Crippen molar-refractivity contribution >= 4 is 52.8 Å². The average Bonchev–Trinajstić information content (AvgIpc) is 3.35. The zero-order chi connectivity index (χ0) is 41.8. The molecule has 0 saturated heterocycles. The third-order valence-corrected chi connectivity index (χ3v) is 7.03. The van der Waals surface area contributed by atoms with Crippen LogP contribution in [0, 0.1) is 0 Å². The predicted octanol–water partition coefficient (Wildman–Crippen LogP) is 7.40. The highest BCUT2D eigenvalue weighted by Gasteiger charge is 2.39. The van der Waals surface area contributed by atoms with Crippen LogP contribution in [0.15, 0.2) is 78.8 Å². The number of nitrogens with one attached hydrogen (secondary N) is 3. The molecule has 1 atom stereocenters. The number of fused-ring (bicyclic) bond motifs is 1. The molecule has 1 aliphatic heterocycles. The minimum absolute atomic E-state index is 0.0110. The molecule has 2 aromatic heterocycles. The molecule has 0 radical (unpaired) electrons. The maximum atomic E-state index is 13.1. The smallest absolute Gasteiger partial charge is 0.475 e. The van der Waals surface area contributed by atoms with Crippen molar-refractivity contribution in [3.63, 3.8) is 0 Å². The van der Waals surface area contributed by atoms with Crippen LogP contribution in [0.1, 0.15) is 29.3 Å². The van der Waals surface area contributed by atoms with Crippen LogP contribution < -0.4 is 20.7 Å². The van der Waals surface area contributed by atoms with Crippen molar-refractivity contribution in [1.82, 2.24) is 20.3 Å². The van der Waals surface area contributed by atoms with Crippen LogP contribution in [0.5, 0.6) is 11.5 Å². The van der Waals surface area contributed by atoms with E-state index in [1.165, 1.54) is 24.5 Å². The predicted molar refractivity (Wildman–Crippen MR) is 179 cm³/mol.